The van der Waals surface area contributed by atoms with Gasteiger partial charge >= 0.3 is 0 Å². The van der Waals surface area contributed by atoms with E-state index in [1.54, 1.807) is 27.7 Å². The van der Waals surface area contributed by atoms with Gasteiger partial charge in [0.15, 0.2) is 5.82 Å². The summed E-state index contributed by atoms with van der Waals surface area (Å²) in [5.41, 5.74) is 2.42. The van der Waals surface area contributed by atoms with Gasteiger partial charge in [0.25, 0.3) is 5.56 Å². The Morgan fingerprint density at radius 2 is 2.03 bits per heavy atom. The van der Waals surface area contributed by atoms with Crippen LogP contribution in [0.3, 0.4) is 0 Å². The fraction of sp³-hybridized carbons (Fsp3) is 0.500. The molecule has 5 heterocycles. The summed E-state index contributed by atoms with van der Waals surface area (Å²) in [4.78, 5) is 14.7. The van der Waals surface area contributed by atoms with Crippen molar-refractivity contribution < 1.29 is 4.74 Å². The lowest BCUT2D eigenvalue weighted by atomic mass is 9.96. The first kappa shape index (κ1) is 18.3. The normalized spacial score (nSPS) is 18.1. The van der Waals surface area contributed by atoms with Crippen LogP contribution in [0, 0.1) is 5.92 Å². The molecule has 0 aromatic carbocycles. The summed E-state index contributed by atoms with van der Waals surface area (Å²) in [6, 6.07) is 5.13. The van der Waals surface area contributed by atoms with Crippen LogP contribution >= 0.6 is 0 Å². The molecule has 0 unspecified atom stereocenters. The standard InChI is InChI=1S/C20H25N7O2/c28-20-3-2-19(26-7-1-6-21-26)23-27(20)13-16-4-8-24(9-5-16)14-17-12-22-25-10-11-29-15-18(17)25/h1-3,6-7,12,16H,4-5,8-11,13-15H2. The summed E-state index contributed by atoms with van der Waals surface area (Å²) in [7, 11) is 0. The third-order valence-corrected chi connectivity index (χ3v) is 5.85. The molecule has 9 heteroatoms. The van der Waals surface area contributed by atoms with Crippen LogP contribution in [-0.2, 0) is 31.0 Å². The molecule has 152 valence electrons. The molecule has 3 aromatic heterocycles. The second kappa shape index (κ2) is 7.92. The number of piperidine rings is 1. The largest absolute Gasteiger partial charge is 0.373 e. The Bertz CT molecular complexity index is 1020. The van der Waals surface area contributed by atoms with Crippen LogP contribution in [0.15, 0.2) is 41.6 Å². The smallest absolute Gasteiger partial charge is 0.266 e. The fourth-order valence-electron chi connectivity index (χ4n) is 4.17. The highest BCUT2D eigenvalue weighted by atomic mass is 16.5. The maximum Gasteiger partial charge on any atom is 0.266 e. The maximum atomic E-state index is 12.3. The molecule has 2 aliphatic heterocycles. The second-order valence-electron chi connectivity index (χ2n) is 7.77. The summed E-state index contributed by atoms with van der Waals surface area (Å²) in [5, 5.41) is 13.2. The molecule has 0 radical (unpaired) electrons. The van der Waals surface area contributed by atoms with E-state index in [1.807, 2.05) is 18.5 Å². The van der Waals surface area contributed by atoms with Gasteiger partial charge in [-0.25, -0.2) is 9.36 Å². The molecule has 2 aliphatic rings. The number of nitrogens with zero attached hydrogens (tertiary/aromatic N) is 7. The lowest BCUT2D eigenvalue weighted by Gasteiger charge is -2.32. The Labute approximate surface area is 168 Å². The molecule has 0 bridgehead atoms. The van der Waals surface area contributed by atoms with Crippen LogP contribution in [0.2, 0.25) is 0 Å². The zero-order chi connectivity index (χ0) is 19.6. The third kappa shape index (κ3) is 3.88. The average Bonchev–Trinajstić information content (AvgIpc) is 3.42. The van der Waals surface area contributed by atoms with E-state index in [0.717, 1.165) is 45.6 Å². The predicted molar refractivity (Wildman–Crippen MR) is 106 cm³/mol. The van der Waals surface area contributed by atoms with Crippen LogP contribution in [-0.4, -0.2) is 53.9 Å². The molecule has 29 heavy (non-hydrogen) atoms. The predicted octanol–water partition coefficient (Wildman–Crippen LogP) is 1.07. The molecule has 9 nitrogen and oxygen atoms in total. The van der Waals surface area contributed by atoms with Gasteiger partial charge in [0, 0.05) is 37.1 Å². The molecule has 3 aromatic rings. The number of likely N-dealkylation sites (tertiary alicyclic amines) is 1. The molecule has 0 amide bonds. The minimum atomic E-state index is -0.0603. The van der Waals surface area contributed by atoms with Crippen molar-refractivity contribution in [3.05, 3.63) is 58.4 Å². The number of ether oxygens (including phenoxy) is 1. The van der Waals surface area contributed by atoms with Gasteiger partial charge in [-0.3, -0.25) is 14.4 Å². The number of hydrogen-bond donors (Lipinski definition) is 0. The number of fused-ring (bicyclic) bond motifs is 1. The summed E-state index contributed by atoms with van der Waals surface area (Å²) < 4.78 is 10.9. The maximum absolute atomic E-state index is 12.3. The van der Waals surface area contributed by atoms with E-state index in [1.165, 1.54) is 11.3 Å². The zero-order valence-electron chi connectivity index (χ0n) is 16.4. The lowest BCUT2D eigenvalue weighted by molar-refractivity contribution is 0.0782. The van der Waals surface area contributed by atoms with Gasteiger partial charge in [-0.15, -0.1) is 5.10 Å². The summed E-state index contributed by atoms with van der Waals surface area (Å²) in [5.74, 6) is 1.12. The van der Waals surface area contributed by atoms with Crippen molar-refractivity contribution in [2.75, 3.05) is 19.7 Å². The summed E-state index contributed by atoms with van der Waals surface area (Å²) in [6.07, 6.45) is 7.63. The van der Waals surface area contributed by atoms with Crippen LogP contribution < -0.4 is 5.56 Å². The van der Waals surface area contributed by atoms with Crippen LogP contribution in [0.1, 0.15) is 24.1 Å². The minimum absolute atomic E-state index is 0.0603. The van der Waals surface area contributed by atoms with Crippen LogP contribution in [0.5, 0.6) is 0 Å². The zero-order valence-corrected chi connectivity index (χ0v) is 16.4. The number of rotatable bonds is 5. The summed E-state index contributed by atoms with van der Waals surface area (Å²) >= 11 is 0. The van der Waals surface area contributed by atoms with Gasteiger partial charge in [0.2, 0.25) is 0 Å². The molecule has 1 saturated heterocycles. The minimum Gasteiger partial charge on any atom is -0.373 e. The molecule has 0 N–H and O–H groups in total. The molecule has 0 atom stereocenters. The molecule has 0 spiro atoms. The lowest BCUT2D eigenvalue weighted by Crippen LogP contribution is -2.36. The van der Waals surface area contributed by atoms with E-state index in [-0.39, 0.29) is 5.56 Å². The van der Waals surface area contributed by atoms with E-state index in [0.29, 0.717) is 24.9 Å². The van der Waals surface area contributed by atoms with Gasteiger partial charge in [-0.1, -0.05) is 0 Å². The van der Waals surface area contributed by atoms with Crippen molar-refractivity contribution in [1.82, 2.24) is 34.2 Å². The van der Waals surface area contributed by atoms with Gasteiger partial charge in [-0.2, -0.15) is 10.2 Å². The van der Waals surface area contributed by atoms with E-state index >= 15 is 0 Å². The monoisotopic (exact) mass is 395 g/mol. The van der Waals surface area contributed by atoms with Gasteiger partial charge < -0.3 is 4.74 Å². The average molecular weight is 395 g/mol. The molecular weight excluding hydrogens is 370 g/mol. The fourth-order valence-corrected chi connectivity index (χ4v) is 4.17. The Morgan fingerprint density at radius 3 is 2.86 bits per heavy atom. The van der Waals surface area contributed by atoms with Crippen molar-refractivity contribution in [2.45, 2.75) is 39.1 Å². The topological polar surface area (TPSA) is 83.0 Å². The van der Waals surface area contributed by atoms with Crippen molar-refractivity contribution in [2.24, 2.45) is 5.92 Å². The van der Waals surface area contributed by atoms with E-state index < -0.39 is 0 Å². The Morgan fingerprint density at radius 1 is 1.14 bits per heavy atom. The quantitative estimate of drug-likeness (QED) is 0.643. The highest BCUT2D eigenvalue weighted by molar-refractivity contribution is 5.18. The Kier molecular flexibility index (Phi) is 4.99. The SMILES string of the molecule is O=c1ccc(-n2cccn2)nn1CC1CCN(Cc2cnn3c2COCC3)CC1. The first-order valence-corrected chi connectivity index (χ1v) is 10.2. The molecule has 5 rings (SSSR count). The first-order valence-electron chi connectivity index (χ1n) is 10.2. The number of hydrogen-bond acceptors (Lipinski definition) is 6. The Balaban J connectivity index is 1.20. The molecule has 0 aliphatic carbocycles. The highest BCUT2D eigenvalue weighted by Crippen LogP contribution is 2.22. The Hall–Kier alpha value is -2.78. The number of aromatic nitrogens is 6. The third-order valence-electron chi connectivity index (χ3n) is 5.85. The highest BCUT2D eigenvalue weighted by Gasteiger charge is 2.23. The molecule has 0 saturated carbocycles. The van der Waals surface area contributed by atoms with Gasteiger partial charge in [0.1, 0.15) is 0 Å². The summed E-state index contributed by atoms with van der Waals surface area (Å²) in [6.45, 7) is 5.85. The van der Waals surface area contributed by atoms with Gasteiger partial charge in [0.05, 0.1) is 31.6 Å². The van der Waals surface area contributed by atoms with Crippen molar-refractivity contribution in [3.63, 3.8) is 0 Å². The van der Waals surface area contributed by atoms with Crippen LogP contribution in [0.4, 0.5) is 0 Å². The van der Waals surface area contributed by atoms with Crippen molar-refractivity contribution in [3.8, 4) is 5.82 Å². The van der Waals surface area contributed by atoms with Gasteiger partial charge in [-0.05, 0) is 44.0 Å². The van der Waals surface area contributed by atoms with Crippen molar-refractivity contribution in [1.29, 1.82) is 0 Å². The van der Waals surface area contributed by atoms with E-state index in [4.69, 9.17) is 4.74 Å². The second-order valence-corrected chi connectivity index (χ2v) is 7.77. The first-order chi connectivity index (χ1) is 14.3. The molecule has 1 fully saturated rings. The van der Waals surface area contributed by atoms with Crippen LogP contribution in [0.25, 0.3) is 5.82 Å². The van der Waals surface area contributed by atoms with E-state index in [9.17, 15) is 4.79 Å². The van der Waals surface area contributed by atoms with E-state index in [2.05, 4.69) is 24.9 Å². The molecular formula is C20H25N7O2. The van der Waals surface area contributed by atoms with Crippen molar-refractivity contribution >= 4 is 0 Å².